The fraction of sp³-hybridized carbons (Fsp3) is 0.308. The number of nitrogens with zero attached hydrogens (tertiary/aromatic N) is 2. The summed E-state index contributed by atoms with van der Waals surface area (Å²) in [5, 5.41) is 0.555. The molecule has 0 amide bonds. The van der Waals surface area contributed by atoms with Crippen LogP contribution in [0.2, 0.25) is 0 Å². The normalized spacial score (nSPS) is 21.8. The van der Waals surface area contributed by atoms with Crippen molar-refractivity contribution < 1.29 is 9.59 Å². The molecule has 0 bridgehead atoms. The fourth-order valence-electron chi connectivity index (χ4n) is 2.17. The Morgan fingerprint density at radius 3 is 2.63 bits per heavy atom. The number of aromatic nitrogens is 1. The molecular weight excluding hydrogens is 376 g/mol. The van der Waals surface area contributed by atoms with E-state index in [0.29, 0.717) is 27.1 Å². The number of hydrogen-bond acceptors (Lipinski definition) is 4. The largest absolute Gasteiger partial charge is 0.361 e. The molecule has 1 aliphatic carbocycles. The minimum absolute atomic E-state index is 0.126. The summed E-state index contributed by atoms with van der Waals surface area (Å²) in [7, 11) is 0. The summed E-state index contributed by atoms with van der Waals surface area (Å²) in [4.78, 5) is 31.0. The molecule has 1 saturated heterocycles. The maximum atomic E-state index is 12.5. The number of fused-ring (bicyclic) bond motifs is 1. The minimum Gasteiger partial charge on any atom is -0.361 e. The lowest BCUT2D eigenvalue weighted by Crippen LogP contribution is -2.25. The number of alkyl halides is 1. The van der Waals surface area contributed by atoms with Gasteiger partial charge < -0.3 is 4.90 Å². The van der Waals surface area contributed by atoms with Gasteiger partial charge in [0.05, 0.1) is 15.7 Å². The van der Waals surface area contributed by atoms with Crippen LogP contribution in [0.25, 0.3) is 0 Å². The molecule has 0 aromatic carbocycles. The summed E-state index contributed by atoms with van der Waals surface area (Å²) in [6.07, 6.45) is 0. The molecule has 4 nitrogen and oxygen atoms in total. The lowest BCUT2D eigenvalue weighted by Gasteiger charge is -2.19. The van der Waals surface area contributed by atoms with Crippen LogP contribution in [0.3, 0.4) is 0 Å². The van der Waals surface area contributed by atoms with Crippen LogP contribution in [0.15, 0.2) is 22.3 Å². The molecule has 0 radical (unpaired) electrons. The Morgan fingerprint density at radius 1 is 1.37 bits per heavy atom. The molecule has 19 heavy (non-hydrogen) atoms. The maximum absolute atomic E-state index is 12.5. The molecule has 1 atom stereocenters. The Balaban J connectivity index is 2.13. The number of hydrogen-bond donors (Lipinski definition) is 0. The highest BCUT2D eigenvalue weighted by Crippen LogP contribution is 2.36. The number of allylic oxidation sites excluding steroid dienone is 2. The fourth-order valence-corrected chi connectivity index (χ4v) is 3.08. The molecule has 1 unspecified atom stereocenters. The first-order valence-corrected chi connectivity index (χ1v) is 7.77. The number of rotatable bonds is 2. The van der Waals surface area contributed by atoms with E-state index in [1.807, 2.05) is 11.8 Å². The first kappa shape index (κ1) is 13.0. The molecule has 3 rings (SSSR count). The molecule has 2 aliphatic rings. The van der Waals surface area contributed by atoms with Gasteiger partial charge in [-0.3, -0.25) is 9.59 Å². The van der Waals surface area contributed by atoms with Crippen LogP contribution in [-0.2, 0) is 5.33 Å². The van der Waals surface area contributed by atoms with Crippen molar-refractivity contribution in [2.75, 3.05) is 6.54 Å². The summed E-state index contributed by atoms with van der Waals surface area (Å²) in [6.45, 7) is 2.83. The van der Waals surface area contributed by atoms with Crippen molar-refractivity contribution in [2.45, 2.75) is 18.3 Å². The third-order valence-electron chi connectivity index (χ3n) is 3.32. The van der Waals surface area contributed by atoms with Crippen molar-refractivity contribution in [3.63, 3.8) is 0 Å². The zero-order valence-electron chi connectivity index (χ0n) is 10.1. The van der Waals surface area contributed by atoms with Crippen LogP contribution in [0, 0.1) is 0 Å². The molecule has 1 fully saturated rings. The highest BCUT2D eigenvalue weighted by atomic mass is 79.9. The van der Waals surface area contributed by atoms with E-state index in [1.165, 1.54) is 0 Å². The number of halogens is 2. The Bertz CT molecular complexity index is 640. The summed E-state index contributed by atoms with van der Waals surface area (Å²) >= 11 is 6.56. The van der Waals surface area contributed by atoms with Gasteiger partial charge in [0.2, 0.25) is 11.6 Å². The highest BCUT2D eigenvalue weighted by Gasteiger charge is 2.42. The van der Waals surface area contributed by atoms with Gasteiger partial charge in [-0.2, -0.15) is 0 Å². The van der Waals surface area contributed by atoms with Crippen molar-refractivity contribution in [2.24, 2.45) is 0 Å². The number of pyridine rings is 1. The monoisotopic (exact) mass is 384 g/mol. The van der Waals surface area contributed by atoms with Gasteiger partial charge in [-0.1, -0.05) is 15.9 Å². The summed E-state index contributed by atoms with van der Waals surface area (Å²) in [5.41, 5.74) is 1.85. The van der Waals surface area contributed by atoms with Gasteiger partial charge in [0.25, 0.3) is 0 Å². The number of ketones is 2. The third kappa shape index (κ3) is 1.97. The van der Waals surface area contributed by atoms with Crippen LogP contribution in [-0.4, -0.2) is 34.0 Å². The van der Waals surface area contributed by atoms with Crippen LogP contribution in [0.1, 0.15) is 33.5 Å². The quantitative estimate of drug-likeness (QED) is 0.580. The number of carbonyl (C=O) groups is 2. The van der Waals surface area contributed by atoms with E-state index in [0.717, 1.165) is 12.2 Å². The van der Waals surface area contributed by atoms with E-state index in [2.05, 4.69) is 36.8 Å². The molecular formula is C13H10Br2N2O2. The predicted octanol–water partition coefficient (Wildman–Crippen LogP) is 2.67. The Hall–Kier alpha value is -1.01. The van der Waals surface area contributed by atoms with Crippen LogP contribution in [0.4, 0.5) is 0 Å². The van der Waals surface area contributed by atoms with Gasteiger partial charge in [-0.05, 0) is 35.0 Å². The van der Waals surface area contributed by atoms with Gasteiger partial charge in [0, 0.05) is 17.9 Å². The van der Waals surface area contributed by atoms with Crippen molar-refractivity contribution in [3.05, 3.63) is 39.3 Å². The van der Waals surface area contributed by atoms with Gasteiger partial charge in [-0.15, -0.1) is 0 Å². The molecule has 6 heteroatoms. The van der Waals surface area contributed by atoms with Gasteiger partial charge in [-0.25, -0.2) is 4.98 Å². The number of carbonyl (C=O) groups excluding carboxylic acids is 2. The third-order valence-corrected chi connectivity index (χ3v) is 4.63. The molecule has 1 aromatic rings. The van der Waals surface area contributed by atoms with E-state index >= 15 is 0 Å². The van der Waals surface area contributed by atoms with E-state index < -0.39 is 0 Å². The van der Waals surface area contributed by atoms with Crippen LogP contribution < -0.4 is 0 Å². The SMILES string of the molecule is CC1CN1C1=C(Br)C(=O)c2nc(CBr)ccc2C1=O. The molecule has 0 spiro atoms. The first-order chi connectivity index (χ1) is 9.04. The second-order valence-corrected chi connectivity index (χ2v) is 6.01. The topological polar surface area (TPSA) is 50.0 Å². The van der Waals surface area contributed by atoms with Gasteiger partial charge in [0.1, 0.15) is 11.4 Å². The van der Waals surface area contributed by atoms with Crippen molar-refractivity contribution in [3.8, 4) is 0 Å². The standard InChI is InChI=1S/C13H10Br2N2O2/c1-6-5-17(6)11-9(15)13(19)10-8(12(11)18)3-2-7(4-14)16-10/h2-3,6H,4-5H2,1H3. The van der Waals surface area contributed by atoms with Crippen LogP contribution in [0.5, 0.6) is 0 Å². The van der Waals surface area contributed by atoms with Crippen molar-refractivity contribution >= 4 is 43.4 Å². The summed E-state index contributed by atoms with van der Waals surface area (Å²) < 4.78 is 0.327. The van der Waals surface area contributed by atoms with Gasteiger partial charge >= 0.3 is 0 Å². The summed E-state index contributed by atoms with van der Waals surface area (Å²) in [5.74, 6) is -0.342. The van der Waals surface area contributed by atoms with E-state index in [9.17, 15) is 9.59 Å². The zero-order valence-corrected chi connectivity index (χ0v) is 13.3. The lowest BCUT2D eigenvalue weighted by atomic mass is 9.96. The average molecular weight is 386 g/mol. The lowest BCUT2D eigenvalue weighted by molar-refractivity contribution is 0.0963. The molecule has 1 aromatic heterocycles. The van der Waals surface area contributed by atoms with Crippen molar-refractivity contribution in [1.82, 2.24) is 9.88 Å². The first-order valence-electron chi connectivity index (χ1n) is 5.86. The molecule has 2 heterocycles. The molecule has 1 aliphatic heterocycles. The van der Waals surface area contributed by atoms with Crippen molar-refractivity contribution in [1.29, 1.82) is 0 Å². The Morgan fingerprint density at radius 2 is 2.05 bits per heavy atom. The van der Waals surface area contributed by atoms with E-state index in [-0.39, 0.29) is 17.3 Å². The highest BCUT2D eigenvalue weighted by molar-refractivity contribution is 9.12. The van der Waals surface area contributed by atoms with E-state index in [1.54, 1.807) is 12.1 Å². The maximum Gasteiger partial charge on any atom is 0.221 e. The molecule has 0 saturated carbocycles. The molecule has 0 N–H and O–H groups in total. The van der Waals surface area contributed by atoms with E-state index in [4.69, 9.17) is 0 Å². The second-order valence-electron chi connectivity index (χ2n) is 4.65. The number of Topliss-reactive ketones (excluding diaryl/α,β-unsaturated/α-hetero) is 2. The summed E-state index contributed by atoms with van der Waals surface area (Å²) in [6, 6.07) is 3.77. The average Bonchev–Trinajstić information content (AvgIpc) is 3.12. The van der Waals surface area contributed by atoms with Gasteiger partial charge in [0.15, 0.2) is 0 Å². The minimum atomic E-state index is -0.216. The zero-order chi connectivity index (χ0) is 13.7. The predicted molar refractivity (Wildman–Crippen MR) is 77.7 cm³/mol. The Labute approximate surface area is 127 Å². The van der Waals surface area contributed by atoms with Crippen LogP contribution >= 0.6 is 31.9 Å². The molecule has 98 valence electrons. The Kier molecular flexibility index (Phi) is 3.09. The second kappa shape index (κ2) is 4.52. The smallest absolute Gasteiger partial charge is 0.221 e.